The third-order valence-corrected chi connectivity index (χ3v) is 7.10. The van der Waals surface area contributed by atoms with Crippen molar-refractivity contribution in [3.05, 3.63) is 88.4 Å². The van der Waals surface area contributed by atoms with E-state index in [0.29, 0.717) is 27.6 Å². The maximum Gasteiger partial charge on any atom is 0.255 e. The van der Waals surface area contributed by atoms with Gasteiger partial charge in [0.1, 0.15) is 11.5 Å². The summed E-state index contributed by atoms with van der Waals surface area (Å²) < 4.78 is 38.3. The zero-order chi connectivity index (χ0) is 25.4. The van der Waals surface area contributed by atoms with Gasteiger partial charge in [0.05, 0.1) is 31.9 Å². The van der Waals surface area contributed by atoms with Crippen LogP contribution in [0.25, 0.3) is 0 Å². The van der Waals surface area contributed by atoms with Crippen LogP contribution in [0.5, 0.6) is 11.5 Å². The summed E-state index contributed by atoms with van der Waals surface area (Å²) in [6.45, 7) is 1.37. The number of carbonyl (C=O) groups excluding carboxylic acids is 1. The Labute approximate surface area is 210 Å². The number of halogens is 1. The Morgan fingerprint density at radius 2 is 1.80 bits per heavy atom. The zero-order valence-electron chi connectivity index (χ0n) is 19.6. The average molecular weight is 516 g/mol. The van der Waals surface area contributed by atoms with E-state index in [2.05, 4.69) is 10.5 Å². The number of amides is 1. The van der Waals surface area contributed by atoms with Crippen molar-refractivity contribution in [2.24, 2.45) is 5.10 Å². The molecule has 0 atom stereocenters. The fraction of sp³-hybridized carbons (Fsp3) is 0.200. The number of sulfonamides is 1. The van der Waals surface area contributed by atoms with Gasteiger partial charge in [-0.3, -0.25) is 4.79 Å². The summed E-state index contributed by atoms with van der Waals surface area (Å²) in [7, 11) is -0.929. The van der Waals surface area contributed by atoms with E-state index in [9.17, 15) is 13.2 Å². The molecule has 0 bridgehead atoms. The average Bonchev–Trinajstić information content (AvgIpc) is 2.84. The first kappa shape index (κ1) is 26.2. The van der Waals surface area contributed by atoms with Crippen molar-refractivity contribution in [1.29, 1.82) is 0 Å². The lowest BCUT2D eigenvalue weighted by Gasteiger charge is -2.21. The van der Waals surface area contributed by atoms with Gasteiger partial charge < -0.3 is 9.47 Å². The van der Waals surface area contributed by atoms with Crippen LogP contribution in [0.2, 0.25) is 5.02 Å². The fourth-order valence-corrected chi connectivity index (χ4v) is 4.83. The minimum atomic E-state index is -3.98. The van der Waals surface area contributed by atoms with Crippen molar-refractivity contribution in [3.63, 3.8) is 0 Å². The first-order valence-electron chi connectivity index (χ1n) is 10.6. The lowest BCUT2D eigenvalue weighted by Crippen LogP contribution is -2.39. The first-order valence-corrected chi connectivity index (χ1v) is 12.4. The molecule has 0 spiro atoms. The molecule has 3 rings (SSSR count). The number of benzene rings is 3. The smallest absolute Gasteiger partial charge is 0.255 e. The number of hydrazone groups is 1. The van der Waals surface area contributed by atoms with Gasteiger partial charge >= 0.3 is 0 Å². The minimum absolute atomic E-state index is 0.0440. The van der Waals surface area contributed by atoms with Crippen molar-refractivity contribution in [1.82, 2.24) is 9.73 Å². The molecular formula is C25H26ClN3O5S. The Morgan fingerprint density at radius 1 is 1.06 bits per heavy atom. The van der Waals surface area contributed by atoms with Gasteiger partial charge in [-0.15, -0.1) is 0 Å². The molecule has 0 unspecified atom stereocenters. The highest BCUT2D eigenvalue weighted by Crippen LogP contribution is 2.23. The van der Waals surface area contributed by atoms with Crippen LogP contribution in [0.1, 0.15) is 16.7 Å². The van der Waals surface area contributed by atoms with Gasteiger partial charge in [0.2, 0.25) is 10.0 Å². The highest BCUT2D eigenvalue weighted by atomic mass is 35.5. The molecule has 0 fully saturated rings. The molecule has 3 aromatic rings. The monoisotopic (exact) mass is 515 g/mol. The highest BCUT2D eigenvalue weighted by Gasteiger charge is 2.27. The van der Waals surface area contributed by atoms with Crippen LogP contribution >= 0.6 is 11.6 Å². The molecule has 0 aliphatic rings. The van der Waals surface area contributed by atoms with E-state index >= 15 is 0 Å². The predicted molar refractivity (Wildman–Crippen MR) is 136 cm³/mol. The van der Waals surface area contributed by atoms with E-state index in [1.807, 2.05) is 6.92 Å². The molecule has 0 heterocycles. The van der Waals surface area contributed by atoms with Crippen LogP contribution in [0.3, 0.4) is 0 Å². The van der Waals surface area contributed by atoms with Gasteiger partial charge in [-0.25, -0.2) is 13.8 Å². The number of methoxy groups -OCH3 is 2. The van der Waals surface area contributed by atoms with Gasteiger partial charge in [0, 0.05) is 17.1 Å². The number of aryl methyl sites for hydroxylation is 1. The first-order chi connectivity index (χ1) is 16.7. The molecule has 0 aliphatic heterocycles. The second-order valence-corrected chi connectivity index (χ2v) is 9.99. The van der Waals surface area contributed by atoms with Crippen LogP contribution in [-0.2, 0) is 21.4 Å². The van der Waals surface area contributed by atoms with Crippen molar-refractivity contribution >= 4 is 33.7 Å². The molecule has 0 radical (unpaired) electrons. The number of hydrogen-bond donors (Lipinski definition) is 1. The molecule has 1 N–H and O–H groups in total. The van der Waals surface area contributed by atoms with Crippen molar-refractivity contribution in [2.75, 3.05) is 20.8 Å². The molecule has 10 heteroatoms. The van der Waals surface area contributed by atoms with Crippen molar-refractivity contribution in [2.45, 2.75) is 18.4 Å². The summed E-state index contributed by atoms with van der Waals surface area (Å²) in [5, 5.41) is 4.43. The van der Waals surface area contributed by atoms with Crippen LogP contribution in [0, 0.1) is 6.92 Å². The fourth-order valence-electron chi connectivity index (χ4n) is 3.23. The van der Waals surface area contributed by atoms with Gasteiger partial charge in [-0.2, -0.15) is 9.41 Å². The number of nitrogens with one attached hydrogen (secondary N) is 1. The molecule has 184 valence electrons. The van der Waals surface area contributed by atoms with Crippen LogP contribution < -0.4 is 14.9 Å². The number of ether oxygens (including phenoxy) is 2. The van der Waals surface area contributed by atoms with Gasteiger partial charge in [-0.05, 0) is 55.0 Å². The summed E-state index contributed by atoms with van der Waals surface area (Å²) in [4.78, 5) is 12.8. The van der Waals surface area contributed by atoms with E-state index in [4.69, 9.17) is 21.1 Å². The van der Waals surface area contributed by atoms with Crippen LogP contribution in [0.4, 0.5) is 0 Å². The molecule has 8 nitrogen and oxygen atoms in total. The van der Waals surface area contributed by atoms with Crippen LogP contribution in [0.15, 0.2) is 76.7 Å². The third-order valence-electron chi connectivity index (χ3n) is 5.06. The quantitative estimate of drug-likeness (QED) is 0.325. The van der Waals surface area contributed by atoms with E-state index in [1.54, 1.807) is 54.6 Å². The molecule has 0 aliphatic carbocycles. The number of nitrogens with zero attached hydrogens (tertiary/aromatic N) is 2. The molecule has 0 saturated carbocycles. The Morgan fingerprint density at radius 3 is 2.46 bits per heavy atom. The number of rotatable bonds is 10. The third kappa shape index (κ3) is 7.05. The molecule has 3 aromatic carbocycles. The van der Waals surface area contributed by atoms with Crippen molar-refractivity contribution < 1.29 is 22.7 Å². The summed E-state index contributed by atoms with van der Waals surface area (Å²) >= 11 is 6.07. The van der Waals surface area contributed by atoms with Gasteiger partial charge in [-0.1, -0.05) is 41.4 Å². The topological polar surface area (TPSA) is 97.3 Å². The van der Waals surface area contributed by atoms with E-state index in [-0.39, 0.29) is 11.4 Å². The lowest BCUT2D eigenvalue weighted by molar-refractivity contribution is -0.121. The number of hydrogen-bond acceptors (Lipinski definition) is 6. The van der Waals surface area contributed by atoms with Gasteiger partial charge in [0.15, 0.2) is 0 Å². The minimum Gasteiger partial charge on any atom is -0.497 e. The summed E-state index contributed by atoms with van der Waals surface area (Å²) in [5.74, 6) is 0.518. The lowest BCUT2D eigenvalue weighted by atomic mass is 10.2. The summed E-state index contributed by atoms with van der Waals surface area (Å²) in [6.07, 6.45) is 1.40. The maximum absolute atomic E-state index is 13.4. The van der Waals surface area contributed by atoms with E-state index < -0.39 is 22.5 Å². The second-order valence-electron chi connectivity index (χ2n) is 7.62. The largest absolute Gasteiger partial charge is 0.497 e. The Bertz CT molecular complexity index is 1310. The SMILES string of the molecule is COc1ccc(OC)c(/C=N/NC(=O)CN(Cc2cccc(Cl)c2)S(=O)(=O)c2ccc(C)cc2)c1. The van der Waals surface area contributed by atoms with Crippen molar-refractivity contribution in [3.8, 4) is 11.5 Å². The van der Waals surface area contributed by atoms with Gasteiger partial charge in [0.25, 0.3) is 5.91 Å². The second kappa shape index (κ2) is 11.8. The summed E-state index contributed by atoms with van der Waals surface area (Å²) in [5.41, 5.74) is 4.53. The Balaban J connectivity index is 1.81. The van der Waals surface area contributed by atoms with Crippen LogP contribution in [-0.4, -0.2) is 45.6 Å². The molecular weight excluding hydrogens is 490 g/mol. The molecule has 0 aromatic heterocycles. The number of carbonyl (C=O) groups is 1. The zero-order valence-corrected chi connectivity index (χ0v) is 21.1. The highest BCUT2D eigenvalue weighted by molar-refractivity contribution is 7.89. The summed E-state index contributed by atoms with van der Waals surface area (Å²) in [6, 6.07) is 18.4. The predicted octanol–water partition coefficient (Wildman–Crippen LogP) is 4.01. The van der Waals surface area contributed by atoms with E-state index in [0.717, 1.165) is 9.87 Å². The van der Waals surface area contributed by atoms with E-state index in [1.165, 1.54) is 32.6 Å². The molecule has 35 heavy (non-hydrogen) atoms. The normalized spacial score (nSPS) is 11.6. The maximum atomic E-state index is 13.4. The Kier molecular flexibility index (Phi) is 8.86. The standard InChI is InChI=1S/C25H26ClN3O5S/c1-18-7-10-23(11-8-18)35(31,32)29(16-19-5-4-6-21(26)13-19)17-25(30)28-27-15-20-14-22(33-2)9-12-24(20)34-3/h4-15H,16-17H2,1-3H3,(H,28,30)/b27-15+. The molecule has 0 saturated heterocycles. The Hall–Kier alpha value is -3.40. The molecule has 1 amide bonds.